The van der Waals surface area contributed by atoms with Crippen molar-refractivity contribution in [2.45, 2.75) is 39.2 Å². The average Bonchev–Trinajstić information content (AvgIpc) is 2.72. The summed E-state index contributed by atoms with van der Waals surface area (Å²) in [4.78, 5) is 34.1. The predicted octanol–water partition coefficient (Wildman–Crippen LogP) is 2.51. The van der Waals surface area contributed by atoms with Gasteiger partial charge in [-0.2, -0.15) is 0 Å². The fourth-order valence-corrected chi connectivity index (χ4v) is 3.86. The third kappa shape index (κ3) is 4.19. The number of carbonyl (C=O) groups excluding carboxylic acids is 1. The number of amides is 2. The van der Waals surface area contributed by atoms with E-state index in [0.717, 1.165) is 50.2 Å². The van der Waals surface area contributed by atoms with Crippen LogP contribution < -0.4 is 10.9 Å². The molecule has 7 heteroatoms. The molecule has 28 heavy (non-hydrogen) atoms. The minimum Gasteiger partial charge on any atom is -0.338 e. The Morgan fingerprint density at radius 3 is 2.57 bits per heavy atom. The van der Waals surface area contributed by atoms with E-state index in [9.17, 15) is 9.59 Å². The average molecular weight is 386 g/mol. The maximum atomic E-state index is 12.8. The van der Waals surface area contributed by atoms with E-state index in [4.69, 9.17) is 4.98 Å². The zero-order chi connectivity index (χ0) is 20.1. The number of benzene rings is 1. The van der Waals surface area contributed by atoms with Crippen molar-refractivity contribution in [3.8, 4) is 0 Å². The molecule has 0 spiro atoms. The summed E-state index contributed by atoms with van der Waals surface area (Å²) < 4.78 is 1.68. The van der Waals surface area contributed by atoms with Crippen LogP contribution in [0, 0.1) is 0 Å². The number of nitrogens with zero attached hydrogens (tertiary/aromatic N) is 4. The van der Waals surface area contributed by atoms with E-state index < -0.39 is 0 Å². The topological polar surface area (TPSA) is 70.5 Å². The monoisotopic (exact) mass is 385 g/mol. The number of nitrogens with one attached hydrogen (secondary N) is 1. The van der Waals surface area contributed by atoms with Crippen LogP contribution in [0.5, 0.6) is 0 Å². The summed E-state index contributed by atoms with van der Waals surface area (Å²) in [6.07, 6.45) is 2.94. The van der Waals surface area contributed by atoms with Crippen LogP contribution >= 0.6 is 0 Å². The molecule has 7 nitrogen and oxygen atoms in total. The molecule has 0 aliphatic carbocycles. The van der Waals surface area contributed by atoms with E-state index >= 15 is 0 Å². The molecule has 1 aromatic carbocycles. The van der Waals surface area contributed by atoms with Crippen LogP contribution in [0.2, 0.25) is 0 Å². The molecule has 0 bridgehead atoms. The number of urea groups is 1. The van der Waals surface area contributed by atoms with Crippen LogP contribution in [0.4, 0.5) is 4.79 Å². The second-order valence-corrected chi connectivity index (χ2v) is 7.38. The molecule has 1 aromatic heterocycles. The number of para-hydroxylation sites is 1. The number of fused-ring (bicyclic) bond motifs is 1. The van der Waals surface area contributed by atoms with E-state index in [2.05, 4.69) is 24.1 Å². The largest absolute Gasteiger partial charge is 0.338 e. The number of rotatable bonds is 6. The number of carbonyl (C=O) groups is 1. The van der Waals surface area contributed by atoms with Gasteiger partial charge in [0.15, 0.2) is 0 Å². The molecule has 1 N–H and O–H groups in total. The summed E-state index contributed by atoms with van der Waals surface area (Å²) in [5, 5.41) is 3.64. The van der Waals surface area contributed by atoms with Gasteiger partial charge >= 0.3 is 6.03 Å². The molecule has 1 fully saturated rings. The molecular weight excluding hydrogens is 354 g/mol. The van der Waals surface area contributed by atoms with E-state index in [0.29, 0.717) is 18.5 Å². The molecule has 1 saturated heterocycles. The first kappa shape index (κ1) is 20.3. The third-order valence-electron chi connectivity index (χ3n) is 5.55. The molecule has 3 rings (SSSR count). The van der Waals surface area contributed by atoms with Crippen molar-refractivity contribution in [1.29, 1.82) is 0 Å². The number of piperazine rings is 1. The fourth-order valence-electron chi connectivity index (χ4n) is 3.86. The Kier molecular flexibility index (Phi) is 6.67. The lowest BCUT2D eigenvalue weighted by Gasteiger charge is -2.39. The molecule has 1 aliphatic heterocycles. The van der Waals surface area contributed by atoms with Crippen molar-refractivity contribution in [3.63, 3.8) is 0 Å². The fraction of sp³-hybridized carbons (Fsp3) is 0.571. The molecule has 0 radical (unpaired) electrons. The molecule has 1 aliphatic rings. The number of hydrogen-bond acceptors (Lipinski definition) is 4. The zero-order valence-electron chi connectivity index (χ0n) is 17.1. The Bertz CT molecular complexity index is 871. The Morgan fingerprint density at radius 1 is 1.18 bits per heavy atom. The van der Waals surface area contributed by atoms with E-state index in [1.165, 1.54) is 0 Å². The lowest BCUT2D eigenvalue weighted by molar-refractivity contribution is 0.101. The Balaban J connectivity index is 1.73. The second kappa shape index (κ2) is 9.19. The lowest BCUT2D eigenvalue weighted by atomic mass is 10.1. The molecule has 1 atom stereocenters. The highest BCUT2D eigenvalue weighted by molar-refractivity contribution is 5.77. The molecule has 2 amide bonds. The van der Waals surface area contributed by atoms with Crippen LogP contribution in [0.3, 0.4) is 0 Å². The zero-order valence-corrected chi connectivity index (χ0v) is 17.1. The first-order valence-corrected chi connectivity index (χ1v) is 10.3. The normalized spacial score (nSPS) is 16.3. The number of aromatic nitrogens is 2. The van der Waals surface area contributed by atoms with E-state index in [-0.39, 0.29) is 17.6 Å². The van der Waals surface area contributed by atoms with E-state index in [1.54, 1.807) is 11.6 Å². The first-order chi connectivity index (χ1) is 13.6. The predicted molar refractivity (Wildman–Crippen MR) is 111 cm³/mol. The van der Waals surface area contributed by atoms with Crippen molar-refractivity contribution in [1.82, 2.24) is 24.7 Å². The van der Waals surface area contributed by atoms with Gasteiger partial charge < -0.3 is 10.2 Å². The van der Waals surface area contributed by atoms with Gasteiger partial charge in [0.1, 0.15) is 5.82 Å². The maximum absolute atomic E-state index is 12.8. The smallest absolute Gasteiger partial charge is 0.317 e. The van der Waals surface area contributed by atoms with Crippen molar-refractivity contribution < 1.29 is 4.79 Å². The minimum atomic E-state index is -0.00649. The molecular formula is C21H31N5O2. The van der Waals surface area contributed by atoms with Crippen molar-refractivity contribution in [2.24, 2.45) is 7.05 Å². The van der Waals surface area contributed by atoms with Gasteiger partial charge in [0.05, 0.1) is 16.9 Å². The highest BCUT2D eigenvalue weighted by Crippen LogP contribution is 2.24. The molecule has 2 aromatic rings. The van der Waals surface area contributed by atoms with Crippen LogP contribution in [-0.2, 0) is 7.05 Å². The summed E-state index contributed by atoms with van der Waals surface area (Å²) in [7, 11) is 1.80. The molecule has 2 heterocycles. The first-order valence-electron chi connectivity index (χ1n) is 10.3. The number of unbranched alkanes of at least 4 members (excludes halogenated alkanes) is 1. The van der Waals surface area contributed by atoms with Crippen LogP contribution in [0.25, 0.3) is 10.9 Å². The summed E-state index contributed by atoms with van der Waals surface area (Å²) in [5.74, 6) is 0.798. The minimum absolute atomic E-state index is 0.00649. The SMILES string of the molecule is CCCCNC(=O)N1CCN(C(CC)c2nc3ccccc3c(=O)n2C)CC1. The van der Waals surface area contributed by atoms with Gasteiger partial charge in [-0.05, 0) is 25.0 Å². The Hall–Kier alpha value is -2.41. The quantitative estimate of drug-likeness (QED) is 0.776. The van der Waals surface area contributed by atoms with Gasteiger partial charge in [-0.1, -0.05) is 32.4 Å². The molecule has 0 saturated carbocycles. The molecule has 152 valence electrons. The standard InChI is InChI=1S/C21H31N5O2/c1-4-6-11-22-21(28)26-14-12-25(13-15-26)18(5-2)19-23-17-10-8-7-9-16(17)20(27)24(19)3/h7-10,18H,4-6,11-15H2,1-3H3,(H,22,28). The van der Waals surface area contributed by atoms with Crippen molar-refractivity contribution in [2.75, 3.05) is 32.7 Å². The van der Waals surface area contributed by atoms with Gasteiger partial charge in [-0.25, -0.2) is 9.78 Å². The maximum Gasteiger partial charge on any atom is 0.317 e. The summed E-state index contributed by atoms with van der Waals surface area (Å²) in [6.45, 7) is 7.91. The van der Waals surface area contributed by atoms with Crippen molar-refractivity contribution in [3.05, 3.63) is 40.4 Å². The highest BCUT2D eigenvalue weighted by Gasteiger charge is 2.28. The Labute approximate surface area is 166 Å². The summed E-state index contributed by atoms with van der Waals surface area (Å²) >= 11 is 0. The second-order valence-electron chi connectivity index (χ2n) is 7.38. The van der Waals surface area contributed by atoms with Crippen LogP contribution in [0.15, 0.2) is 29.1 Å². The van der Waals surface area contributed by atoms with Gasteiger partial charge in [-0.15, -0.1) is 0 Å². The van der Waals surface area contributed by atoms with Gasteiger partial charge in [0.2, 0.25) is 0 Å². The summed E-state index contributed by atoms with van der Waals surface area (Å²) in [6, 6.07) is 7.59. The molecule has 1 unspecified atom stereocenters. The van der Waals surface area contributed by atoms with E-state index in [1.807, 2.05) is 29.2 Å². The van der Waals surface area contributed by atoms with Gasteiger partial charge in [0.25, 0.3) is 5.56 Å². The van der Waals surface area contributed by atoms with Crippen LogP contribution in [-0.4, -0.2) is 58.1 Å². The summed E-state index contributed by atoms with van der Waals surface area (Å²) in [5.41, 5.74) is 0.737. The van der Waals surface area contributed by atoms with Gasteiger partial charge in [-0.3, -0.25) is 14.3 Å². The van der Waals surface area contributed by atoms with Crippen LogP contribution in [0.1, 0.15) is 45.0 Å². The van der Waals surface area contributed by atoms with Crippen molar-refractivity contribution >= 4 is 16.9 Å². The van der Waals surface area contributed by atoms with Gasteiger partial charge in [0, 0.05) is 39.8 Å². The Morgan fingerprint density at radius 2 is 1.89 bits per heavy atom. The highest BCUT2D eigenvalue weighted by atomic mass is 16.2. The lowest BCUT2D eigenvalue weighted by Crippen LogP contribution is -2.53. The third-order valence-corrected chi connectivity index (χ3v) is 5.55. The number of hydrogen-bond donors (Lipinski definition) is 1.